The molecule has 0 saturated heterocycles. The Hall–Kier alpha value is -7.04. The molecular formula is C48H31N3O. The summed E-state index contributed by atoms with van der Waals surface area (Å²) in [6.07, 6.45) is 0. The lowest BCUT2D eigenvalue weighted by atomic mass is 10.1. The van der Waals surface area contributed by atoms with Crippen molar-refractivity contribution in [3.63, 3.8) is 0 Å². The highest BCUT2D eigenvalue weighted by Gasteiger charge is 2.23. The number of nitrogens with zero attached hydrogens (tertiary/aromatic N) is 3. The molecule has 11 rings (SSSR count). The Morgan fingerprint density at radius 3 is 1.19 bits per heavy atom. The predicted molar refractivity (Wildman–Crippen MR) is 217 cm³/mol. The van der Waals surface area contributed by atoms with Crippen LogP contribution in [0.1, 0.15) is 0 Å². The average Bonchev–Trinajstić information content (AvgIpc) is 3.87. The van der Waals surface area contributed by atoms with Crippen molar-refractivity contribution in [3.05, 3.63) is 188 Å². The molecule has 4 heteroatoms. The number of anilines is 3. The van der Waals surface area contributed by atoms with Crippen molar-refractivity contribution in [2.24, 2.45) is 0 Å². The van der Waals surface area contributed by atoms with Gasteiger partial charge in [0, 0.05) is 60.8 Å². The minimum atomic E-state index is 0.889. The number of fused-ring (bicyclic) bond motifs is 11. The molecule has 0 amide bonds. The second-order valence-electron chi connectivity index (χ2n) is 13.3. The first-order valence-corrected chi connectivity index (χ1v) is 17.7. The quantitative estimate of drug-likeness (QED) is 0.183. The topological polar surface area (TPSA) is 26.2 Å². The summed E-state index contributed by atoms with van der Waals surface area (Å²) in [7, 11) is 0. The molecule has 0 radical (unpaired) electrons. The van der Waals surface area contributed by atoms with Gasteiger partial charge in [0.1, 0.15) is 0 Å². The fraction of sp³-hybridized carbons (Fsp3) is 0. The van der Waals surface area contributed by atoms with Crippen LogP contribution in [-0.2, 0) is 0 Å². The predicted octanol–water partition coefficient (Wildman–Crippen LogP) is 13.2. The molecule has 11 aromatic rings. The van der Waals surface area contributed by atoms with Crippen molar-refractivity contribution in [2.45, 2.75) is 0 Å². The second-order valence-corrected chi connectivity index (χ2v) is 13.3. The Bertz CT molecular complexity index is 3060. The molecule has 244 valence electrons. The summed E-state index contributed by atoms with van der Waals surface area (Å²) in [4.78, 5) is 2.30. The van der Waals surface area contributed by atoms with Crippen molar-refractivity contribution < 1.29 is 4.42 Å². The van der Waals surface area contributed by atoms with E-state index in [-0.39, 0.29) is 0 Å². The van der Waals surface area contributed by atoms with Crippen LogP contribution >= 0.6 is 0 Å². The number of para-hydroxylation sites is 5. The molecule has 0 fully saturated rings. The molecule has 52 heavy (non-hydrogen) atoms. The third kappa shape index (κ3) is 4.15. The van der Waals surface area contributed by atoms with Crippen molar-refractivity contribution >= 4 is 82.6 Å². The zero-order chi connectivity index (χ0) is 34.2. The van der Waals surface area contributed by atoms with Gasteiger partial charge in [-0.15, -0.1) is 0 Å². The maximum Gasteiger partial charge on any atom is 0.160 e. The first-order valence-electron chi connectivity index (χ1n) is 17.7. The Kier molecular flexibility index (Phi) is 6.22. The maximum atomic E-state index is 7.19. The molecule has 0 aliphatic heterocycles. The van der Waals surface area contributed by atoms with E-state index in [0.717, 1.165) is 72.4 Å². The molecule has 0 bridgehead atoms. The fourth-order valence-electron chi connectivity index (χ4n) is 8.25. The van der Waals surface area contributed by atoms with Crippen LogP contribution in [0.15, 0.2) is 192 Å². The molecule has 0 aliphatic rings. The molecule has 0 aliphatic carbocycles. The van der Waals surface area contributed by atoms with E-state index in [4.69, 9.17) is 4.42 Å². The van der Waals surface area contributed by atoms with Gasteiger partial charge in [0.2, 0.25) is 0 Å². The summed E-state index contributed by atoms with van der Waals surface area (Å²) in [5.41, 5.74) is 11.8. The van der Waals surface area contributed by atoms with Crippen LogP contribution in [0.5, 0.6) is 0 Å². The Morgan fingerprint density at radius 2 is 0.692 bits per heavy atom. The SMILES string of the molecule is c1ccc(N(c2ccccc2)c2ccc(-n3c4ccccc4c4ccc5c6ccc7c8ccccc8n(-c8ccccc8)c7c6oc5c43)cc2)cc1. The number of benzene rings is 8. The molecular weight excluding hydrogens is 635 g/mol. The van der Waals surface area contributed by atoms with Crippen LogP contribution in [0.2, 0.25) is 0 Å². The molecule has 0 unspecified atom stereocenters. The lowest BCUT2D eigenvalue weighted by molar-refractivity contribution is 0.673. The van der Waals surface area contributed by atoms with Crippen molar-refractivity contribution in [1.82, 2.24) is 9.13 Å². The van der Waals surface area contributed by atoms with Crippen LogP contribution < -0.4 is 4.90 Å². The lowest BCUT2D eigenvalue weighted by Crippen LogP contribution is -2.09. The first kappa shape index (κ1) is 28.8. The standard InChI is InChI=1S/C48H31N3O/c1-4-14-32(15-5-1)49(33-16-6-2-7-17-33)35-24-26-36(27-25-35)51-44-23-13-11-21-38(44)40-29-31-42-41-30-28-39-37-20-10-12-22-43(37)50(34-18-8-3-9-19-34)45(39)47(41)52-48(42)46(40)51/h1-31H. The smallest absolute Gasteiger partial charge is 0.160 e. The maximum absolute atomic E-state index is 7.19. The third-order valence-corrected chi connectivity index (χ3v) is 10.5. The lowest BCUT2D eigenvalue weighted by Gasteiger charge is -2.25. The highest BCUT2D eigenvalue weighted by Crippen LogP contribution is 2.44. The molecule has 0 N–H and O–H groups in total. The van der Waals surface area contributed by atoms with E-state index >= 15 is 0 Å². The highest BCUT2D eigenvalue weighted by atomic mass is 16.3. The van der Waals surface area contributed by atoms with Gasteiger partial charge in [0.15, 0.2) is 11.2 Å². The Balaban J connectivity index is 1.18. The molecule has 0 atom stereocenters. The number of aromatic nitrogens is 2. The first-order chi connectivity index (χ1) is 25.8. The molecule has 0 spiro atoms. The van der Waals surface area contributed by atoms with E-state index in [1.54, 1.807) is 0 Å². The summed E-state index contributed by atoms with van der Waals surface area (Å²) in [5.74, 6) is 0. The molecule has 3 heterocycles. The molecule has 4 nitrogen and oxygen atoms in total. The van der Waals surface area contributed by atoms with Crippen molar-refractivity contribution in [3.8, 4) is 11.4 Å². The minimum Gasteiger partial charge on any atom is -0.452 e. The number of rotatable bonds is 5. The second kappa shape index (κ2) is 11.2. The van der Waals surface area contributed by atoms with Crippen LogP contribution in [0.3, 0.4) is 0 Å². The summed E-state index contributed by atoms with van der Waals surface area (Å²) in [6.45, 7) is 0. The number of hydrogen-bond acceptors (Lipinski definition) is 2. The van der Waals surface area contributed by atoms with Gasteiger partial charge in [0.05, 0.1) is 22.1 Å². The van der Waals surface area contributed by atoms with Crippen LogP contribution in [-0.4, -0.2) is 9.13 Å². The molecule has 8 aromatic carbocycles. The molecule has 3 aromatic heterocycles. The largest absolute Gasteiger partial charge is 0.452 e. The van der Waals surface area contributed by atoms with Gasteiger partial charge in [-0.05, 0) is 84.9 Å². The zero-order valence-corrected chi connectivity index (χ0v) is 28.1. The summed E-state index contributed by atoms with van der Waals surface area (Å²) in [5, 5.41) is 6.97. The van der Waals surface area contributed by atoms with E-state index in [2.05, 4.69) is 202 Å². The minimum absolute atomic E-state index is 0.889. The summed E-state index contributed by atoms with van der Waals surface area (Å²) in [6, 6.07) is 66.9. The number of furan rings is 1. The van der Waals surface area contributed by atoms with Crippen molar-refractivity contribution in [1.29, 1.82) is 0 Å². The van der Waals surface area contributed by atoms with E-state index in [9.17, 15) is 0 Å². The van der Waals surface area contributed by atoms with Gasteiger partial charge in [-0.2, -0.15) is 0 Å². The number of hydrogen-bond donors (Lipinski definition) is 0. The van der Waals surface area contributed by atoms with Gasteiger partial charge >= 0.3 is 0 Å². The van der Waals surface area contributed by atoms with Gasteiger partial charge in [-0.1, -0.05) is 103 Å². The molecule has 0 saturated carbocycles. The highest BCUT2D eigenvalue weighted by molar-refractivity contribution is 6.26. The zero-order valence-electron chi connectivity index (χ0n) is 28.1. The average molecular weight is 666 g/mol. The Labute approximate surface area is 299 Å². The van der Waals surface area contributed by atoms with Crippen LogP contribution in [0, 0.1) is 0 Å². The van der Waals surface area contributed by atoms with Crippen molar-refractivity contribution in [2.75, 3.05) is 4.90 Å². The van der Waals surface area contributed by atoms with E-state index in [1.165, 1.54) is 21.5 Å². The summed E-state index contributed by atoms with van der Waals surface area (Å²) >= 11 is 0. The Morgan fingerprint density at radius 1 is 0.308 bits per heavy atom. The van der Waals surface area contributed by atoms with E-state index < -0.39 is 0 Å². The van der Waals surface area contributed by atoms with Crippen LogP contribution in [0.4, 0.5) is 17.1 Å². The summed E-state index contributed by atoms with van der Waals surface area (Å²) < 4.78 is 11.9. The van der Waals surface area contributed by atoms with Gasteiger partial charge in [-0.25, -0.2) is 0 Å². The van der Waals surface area contributed by atoms with E-state index in [0.29, 0.717) is 0 Å². The van der Waals surface area contributed by atoms with Gasteiger partial charge in [-0.3, -0.25) is 0 Å². The van der Waals surface area contributed by atoms with Crippen LogP contribution in [0.25, 0.3) is 76.9 Å². The monoisotopic (exact) mass is 665 g/mol. The van der Waals surface area contributed by atoms with E-state index in [1.807, 2.05) is 0 Å². The normalized spacial score (nSPS) is 11.8. The third-order valence-electron chi connectivity index (χ3n) is 10.5. The fourth-order valence-corrected chi connectivity index (χ4v) is 8.25. The van der Waals surface area contributed by atoms with Gasteiger partial charge in [0.25, 0.3) is 0 Å². The van der Waals surface area contributed by atoms with Gasteiger partial charge < -0.3 is 18.5 Å².